The van der Waals surface area contributed by atoms with Crippen LogP contribution in [0.25, 0.3) is 0 Å². The molecule has 2 aliphatic rings. The molecule has 0 N–H and O–H groups in total. The van der Waals surface area contributed by atoms with Crippen molar-refractivity contribution in [3.8, 4) is 17.2 Å². The highest BCUT2D eigenvalue weighted by Gasteiger charge is 2.34. The van der Waals surface area contributed by atoms with Crippen molar-refractivity contribution in [2.24, 2.45) is 0 Å². The smallest absolute Gasteiger partial charge is 0.243 e. The molecule has 1 atom stereocenters. The van der Waals surface area contributed by atoms with Gasteiger partial charge in [0.05, 0.1) is 11.5 Å². The number of benzene rings is 2. The molecule has 144 valence electrons. The largest absolute Gasteiger partial charge is 0.491 e. The molecule has 0 bridgehead atoms. The van der Waals surface area contributed by atoms with Gasteiger partial charge in [-0.2, -0.15) is 4.31 Å². The molecule has 2 aromatic carbocycles. The lowest BCUT2D eigenvalue weighted by atomic mass is 9.98. The Morgan fingerprint density at radius 3 is 2.78 bits per heavy atom. The van der Waals surface area contributed by atoms with E-state index in [9.17, 15) is 12.8 Å². The lowest BCUT2D eigenvalue weighted by Gasteiger charge is -2.17. The van der Waals surface area contributed by atoms with E-state index < -0.39 is 15.8 Å². The standard InChI is InChI=1S/C19H20FNO5S/c1-2-24-17-6-4-15(10-16(17)20)27(22,23)21-8-7-14(11-21)13-3-5-18-19(9-13)26-12-25-18/h3-6,9-10,14H,2,7-8,11-12H2,1H3. The molecule has 1 unspecified atom stereocenters. The molecule has 27 heavy (non-hydrogen) atoms. The SMILES string of the molecule is CCOc1ccc(S(=O)(=O)N2CCC(c3ccc4c(c3)OCO4)C2)cc1F. The molecule has 8 heteroatoms. The second-order valence-corrected chi connectivity index (χ2v) is 8.42. The van der Waals surface area contributed by atoms with Crippen LogP contribution in [-0.2, 0) is 10.0 Å². The number of nitrogens with zero attached hydrogens (tertiary/aromatic N) is 1. The van der Waals surface area contributed by atoms with E-state index in [4.69, 9.17) is 14.2 Å². The highest BCUT2D eigenvalue weighted by molar-refractivity contribution is 7.89. The van der Waals surface area contributed by atoms with E-state index in [0.717, 1.165) is 11.6 Å². The number of halogens is 1. The van der Waals surface area contributed by atoms with Gasteiger partial charge in [-0.1, -0.05) is 6.07 Å². The third-order valence-electron chi connectivity index (χ3n) is 4.86. The molecule has 0 aliphatic carbocycles. The summed E-state index contributed by atoms with van der Waals surface area (Å²) in [5.74, 6) is 0.816. The molecule has 0 radical (unpaired) electrons. The first-order valence-corrected chi connectivity index (χ1v) is 10.2. The Labute approximate surface area is 157 Å². The average molecular weight is 393 g/mol. The van der Waals surface area contributed by atoms with Crippen LogP contribution in [0.1, 0.15) is 24.8 Å². The van der Waals surface area contributed by atoms with Crippen LogP contribution in [0, 0.1) is 5.82 Å². The van der Waals surface area contributed by atoms with Crippen molar-refractivity contribution in [3.05, 3.63) is 47.8 Å². The van der Waals surface area contributed by atoms with E-state index in [1.54, 1.807) is 6.92 Å². The summed E-state index contributed by atoms with van der Waals surface area (Å²) >= 11 is 0. The molecule has 0 amide bonds. The normalized spacial score (nSPS) is 19.4. The van der Waals surface area contributed by atoms with Crippen LogP contribution in [-0.4, -0.2) is 39.2 Å². The van der Waals surface area contributed by atoms with Gasteiger partial charge >= 0.3 is 0 Å². The lowest BCUT2D eigenvalue weighted by Crippen LogP contribution is -2.28. The Kier molecular flexibility index (Phi) is 4.69. The molecular weight excluding hydrogens is 373 g/mol. The van der Waals surface area contributed by atoms with E-state index in [2.05, 4.69) is 0 Å². The van der Waals surface area contributed by atoms with Gasteiger partial charge in [-0.25, -0.2) is 12.8 Å². The van der Waals surface area contributed by atoms with Gasteiger partial charge in [-0.3, -0.25) is 0 Å². The van der Waals surface area contributed by atoms with Gasteiger partial charge in [0.2, 0.25) is 16.8 Å². The number of sulfonamides is 1. The van der Waals surface area contributed by atoms with Crippen LogP contribution in [0.5, 0.6) is 17.2 Å². The molecule has 2 heterocycles. The maximum Gasteiger partial charge on any atom is 0.243 e. The molecular formula is C19H20FNO5S. The first kappa shape index (κ1) is 18.1. The third kappa shape index (κ3) is 3.35. The Bertz CT molecular complexity index is 963. The van der Waals surface area contributed by atoms with Crippen molar-refractivity contribution in [1.82, 2.24) is 4.31 Å². The molecule has 0 saturated carbocycles. The Hall–Kier alpha value is -2.32. The first-order valence-electron chi connectivity index (χ1n) is 8.81. The molecule has 0 aromatic heterocycles. The Morgan fingerprint density at radius 2 is 2.00 bits per heavy atom. The van der Waals surface area contributed by atoms with Crippen LogP contribution in [0.4, 0.5) is 4.39 Å². The predicted octanol–water partition coefficient (Wildman–Crippen LogP) is 3.13. The first-order chi connectivity index (χ1) is 13.0. The fourth-order valence-electron chi connectivity index (χ4n) is 3.45. The monoisotopic (exact) mass is 393 g/mol. The van der Waals surface area contributed by atoms with Crippen LogP contribution in [0.3, 0.4) is 0 Å². The van der Waals surface area contributed by atoms with Crippen LogP contribution >= 0.6 is 0 Å². The van der Waals surface area contributed by atoms with Gasteiger partial charge < -0.3 is 14.2 Å². The summed E-state index contributed by atoms with van der Waals surface area (Å²) in [7, 11) is -3.76. The summed E-state index contributed by atoms with van der Waals surface area (Å²) in [6, 6.07) is 9.45. The molecule has 0 spiro atoms. The van der Waals surface area contributed by atoms with Gasteiger partial charge in [0.1, 0.15) is 0 Å². The van der Waals surface area contributed by atoms with Crippen LogP contribution in [0.15, 0.2) is 41.3 Å². The quantitative estimate of drug-likeness (QED) is 0.781. The molecule has 2 aliphatic heterocycles. The van der Waals surface area contributed by atoms with Crippen molar-refractivity contribution in [1.29, 1.82) is 0 Å². The second kappa shape index (κ2) is 7.01. The van der Waals surface area contributed by atoms with Gasteiger partial charge in [-0.15, -0.1) is 0 Å². The highest BCUT2D eigenvalue weighted by atomic mass is 32.2. The summed E-state index contributed by atoms with van der Waals surface area (Å²) < 4.78 is 57.1. The minimum atomic E-state index is -3.76. The number of hydrogen-bond donors (Lipinski definition) is 0. The number of ether oxygens (including phenoxy) is 3. The van der Waals surface area contributed by atoms with Crippen LogP contribution < -0.4 is 14.2 Å². The Morgan fingerprint density at radius 1 is 1.19 bits per heavy atom. The second-order valence-electron chi connectivity index (χ2n) is 6.49. The minimum absolute atomic E-state index is 0.0520. The summed E-state index contributed by atoms with van der Waals surface area (Å²) in [5, 5.41) is 0. The molecule has 6 nitrogen and oxygen atoms in total. The maximum atomic E-state index is 14.1. The predicted molar refractivity (Wildman–Crippen MR) is 96.3 cm³/mol. The van der Waals surface area contributed by atoms with E-state index in [-0.39, 0.29) is 23.4 Å². The van der Waals surface area contributed by atoms with E-state index in [0.29, 0.717) is 37.6 Å². The summed E-state index contributed by atoms with van der Waals surface area (Å²) in [5.41, 5.74) is 1.01. The van der Waals surface area contributed by atoms with Gasteiger partial charge in [0, 0.05) is 13.1 Å². The van der Waals surface area contributed by atoms with Crippen molar-refractivity contribution in [2.75, 3.05) is 26.5 Å². The molecule has 4 rings (SSSR count). The summed E-state index contributed by atoms with van der Waals surface area (Å²) in [4.78, 5) is -0.0604. The summed E-state index contributed by atoms with van der Waals surface area (Å²) in [6.07, 6.45) is 0.693. The number of rotatable bonds is 5. The van der Waals surface area contributed by atoms with Crippen molar-refractivity contribution in [2.45, 2.75) is 24.2 Å². The van der Waals surface area contributed by atoms with Crippen LogP contribution in [0.2, 0.25) is 0 Å². The zero-order valence-electron chi connectivity index (χ0n) is 14.9. The van der Waals surface area contributed by atoms with Crippen molar-refractivity contribution in [3.63, 3.8) is 0 Å². The topological polar surface area (TPSA) is 65.1 Å². The average Bonchev–Trinajstić information content (AvgIpc) is 3.32. The molecule has 2 aromatic rings. The zero-order chi connectivity index (χ0) is 19.0. The fraction of sp³-hybridized carbons (Fsp3) is 0.368. The molecule has 1 saturated heterocycles. The molecule has 1 fully saturated rings. The fourth-order valence-corrected chi connectivity index (χ4v) is 4.96. The van der Waals surface area contributed by atoms with Gasteiger partial charge in [0.15, 0.2) is 23.1 Å². The maximum absolute atomic E-state index is 14.1. The van der Waals surface area contributed by atoms with E-state index in [1.807, 2.05) is 18.2 Å². The number of hydrogen-bond acceptors (Lipinski definition) is 5. The van der Waals surface area contributed by atoms with Crippen molar-refractivity contribution < 1.29 is 27.0 Å². The van der Waals surface area contributed by atoms with E-state index in [1.165, 1.54) is 16.4 Å². The van der Waals surface area contributed by atoms with Gasteiger partial charge in [-0.05, 0) is 55.2 Å². The highest BCUT2D eigenvalue weighted by Crippen LogP contribution is 2.38. The summed E-state index contributed by atoms with van der Waals surface area (Å²) in [6.45, 7) is 2.98. The van der Waals surface area contributed by atoms with E-state index >= 15 is 0 Å². The third-order valence-corrected chi connectivity index (χ3v) is 6.72. The number of fused-ring (bicyclic) bond motifs is 1. The lowest BCUT2D eigenvalue weighted by molar-refractivity contribution is 0.174. The Balaban J connectivity index is 1.53. The van der Waals surface area contributed by atoms with Crippen molar-refractivity contribution >= 4 is 10.0 Å². The minimum Gasteiger partial charge on any atom is -0.491 e. The zero-order valence-corrected chi connectivity index (χ0v) is 15.7. The van der Waals surface area contributed by atoms with Gasteiger partial charge in [0.25, 0.3) is 0 Å².